The van der Waals surface area contributed by atoms with Gasteiger partial charge in [-0.1, -0.05) is 15.9 Å². The summed E-state index contributed by atoms with van der Waals surface area (Å²) in [6, 6.07) is 7.99. The first kappa shape index (κ1) is 13.2. The normalized spacial score (nSPS) is 14.3. The van der Waals surface area contributed by atoms with Crippen LogP contribution in [0.3, 0.4) is 0 Å². The molecule has 20 heavy (non-hydrogen) atoms. The summed E-state index contributed by atoms with van der Waals surface area (Å²) in [6.07, 6.45) is 4.08. The highest BCUT2D eigenvalue weighted by Crippen LogP contribution is 2.37. The minimum Gasteiger partial charge on any atom is -0.397 e. The third-order valence-electron chi connectivity index (χ3n) is 3.34. The van der Waals surface area contributed by atoms with Gasteiger partial charge in [0.1, 0.15) is 5.69 Å². The van der Waals surface area contributed by atoms with Gasteiger partial charge < -0.3 is 15.6 Å². The second kappa shape index (κ2) is 4.98. The van der Waals surface area contributed by atoms with Crippen LogP contribution in [-0.4, -0.2) is 10.5 Å². The van der Waals surface area contributed by atoms with Gasteiger partial charge in [-0.25, -0.2) is 0 Å². The van der Waals surface area contributed by atoms with Gasteiger partial charge in [-0.15, -0.1) is 0 Å². The molecule has 0 atom stereocenters. The second-order valence-electron chi connectivity index (χ2n) is 5.27. The topological polar surface area (TPSA) is 60.1 Å². The van der Waals surface area contributed by atoms with E-state index in [2.05, 4.69) is 21.2 Å². The van der Waals surface area contributed by atoms with Crippen LogP contribution in [-0.2, 0) is 0 Å². The third-order valence-corrected chi connectivity index (χ3v) is 3.80. The van der Waals surface area contributed by atoms with Gasteiger partial charge in [0.05, 0.1) is 5.69 Å². The zero-order chi connectivity index (χ0) is 14.3. The van der Waals surface area contributed by atoms with Crippen LogP contribution in [0.1, 0.15) is 34.9 Å². The summed E-state index contributed by atoms with van der Waals surface area (Å²) in [5, 5.41) is 2.93. The van der Waals surface area contributed by atoms with Gasteiger partial charge >= 0.3 is 0 Å². The van der Waals surface area contributed by atoms with E-state index in [1.54, 1.807) is 6.07 Å². The van der Waals surface area contributed by atoms with Crippen molar-refractivity contribution < 1.29 is 4.79 Å². The largest absolute Gasteiger partial charge is 0.397 e. The van der Waals surface area contributed by atoms with Crippen molar-refractivity contribution in [2.45, 2.75) is 25.8 Å². The lowest BCUT2D eigenvalue weighted by Crippen LogP contribution is -2.16. The molecule has 0 saturated heterocycles. The number of hydrogen-bond donors (Lipinski definition) is 2. The highest BCUT2D eigenvalue weighted by atomic mass is 79.9. The fourth-order valence-corrected chi connectivity index (χ4v) is 2.95. The molecule has 0 aliphatic heterocycles. The van der Waals surface area contributed by atoms with Gasteiger partial charge in [0, 0.05) is 22.4 Å². The first-order chi connectivity index (χ1) is 9.52. The lowest BCUT2D eigenvalue weighted by Gasteiger charge is -2.09. The number of carbonyl (C=O) groups excluding carboxylic acids is 1. The van der Waals surface area contributed by atoms with Crippen molar-refractivity contribution in [2.75, 3.05) is 11.1 Å². The molecule has 1 fully saturated rings. The maximum Gasteiger partial charge on any atom is 0.272 e. The molecule has 0 spiro atoms. The Bertz CT molecular complexity index is 654. The number of halogens is 1. The van der Waals surface area contributed by atoms with Crippen LogP contribution in [0.25, 0.3) is 0 Å². The van der Waals surface area contributed by atoms with Crippen LogP contribution < -0.4 is 11.1 Å². The highest BCUT2D eigenvalue weighted by molar-refractivity contribution is 9.10. The Hall–Kier alpha value is -1.75. The minimum atomic E-state index is -0.119. The summed E-state index contributed by atoms with van der Waals surface area (Å²) < 4.78 is 2.93. The number of nitrogens with one attached hydrogen (secondary N) is 1. The zero-order valence-corrected chi connectivity index (χ0v) is 12.8. The van der Waals surface area contributed by atoms with Crippen LogP contribution >= 0.6 is 15.9 Å². The number of nitrogen functional groups attached to an aromatic ring is 1. The number of hydrogen-bond acceptors (Lipinski definition) is 2. The maximum absolute atomic E-state index is 12.4. The number of carbonyl (C=O) groups is 1. The molecule has 104 valence electrons. The first-order valence-electron chi connectivity index (χ1n) is 6.59. The summed E-state index contributed by atoms with van der Waals surface area (Å²) in [5.74, 6) is -0.119. The molecule has 0 radical (unpaired) electrons. The molecule has 1 aromatic carbocycles. The number of benzene rings is 1. The number of amides is 1. The SMILES string of the molecule is Cc1cc(Br)cc(NC(=O)c2cc(N)cn2C2CC2)c1. The molecule has 1 heterocycles. The van der Waals surface area contributed by atoms with Crippen molar-refractivity contribution in [3.05, 3.63) is 46.2 Å². The molecule has 1 aliphatic rings. The summed E-state index contributed by atoms with van der Waals surface area (Å²) in [5.41, 5.74) is 8.95. The van der Waals surface area contributed by atoms with Crippen LogP contribution in [0, 0.1) is 6.92 Å². The van der Waals surface area contributed by atoms with E-state index in [9.17, 15) is 4.79 Å². The number of nitrogens with zero attached hydrogens (tertiary/aromatic N) is 1. The number of rotatable bonds is 3. The lowest BCUT2D eigenvalue weighted by molar-refractivity contribution is 0.101. The fraction of sp³-hybridized carbons (Fsp3) is 0.267. The van der Waals surface area contributed by atoms with Gasteiger partial charge in [-0.05, 0) is 49.6 Å². The third kappa shape index (κ3) is 2.72. The van der Waals surface area contributed by atoms with Crippen LogP contribution in [0.4, 0.5) is 11.4 Å². The molecule has 1 saturated carbocycles. The van der Waals surface area contributed by atoms with Crippen molar-refractivity contribution in [2.24, 2.45) is 0 Å². The monoisotopic (exact) mass is 333 g/mol. The van der Waals surface area contributed by atoms with Gasteiger partial charge in [0.15, 0.2) is 0 Å². The number of aromatic nitrogens is 1. The molecule has 3 rings (SSSR count). The van der Waals surface area contributed by atoms with Crippen LogP contribution in [0.15, 0.2) is 34.9 Å². The number of aryl methyl sites for hydroxylation is 1. The number of anilines is 2. The molecule has 4 nitrogen and oxygen atoms in total. The molecular weight excluding hydrogens is 318 g/mol. The minimum absolute atomic E-state index is 0.119. The average Bonchev–Trinajstić information content (AvgIpc) is 3.11. The van der Waals surface area contributed by atoms with Gasteiger partial charge in [-0.2, -0.15) is 0 Å². The standard InChI is InChI=1S/C15H16BrN3O/c1-9-4-10(16)6-12(5-9)18-15(20)14-7-11(17)8-19(14)13-2-3-13/h4-8,13H,2-3,17H2,1H3,(H,18,20). The summed E-state index contributed by atoms with van der Waals surface area (Å²) in [7, 11) is 0. The van der Waals surface area contributed by atoms with E-state index in [4.69, 9.17) is 5.73 Å². The van der Waals surface area contributed by atoms with E-state index in [0.717, 1.165) is 28.6 Å². The molecular formula is C15H16BrN3O. The predicted molar refractivity (Wildman–Crippen MR) is 83.9 cm³/mol. The second-order valence-corrected chi connectivity index (χ2v) is 6.18. The quantitative estimate of drug-likeness (QED) is 0.898. The van der Waals surface area contributed by atoms with Crippen LogP contribution in [0.5, 0.6) is 0 Å². The lowest BCUT2D eigenvalue weighted by atomic mass is 10.2. The zero-order valence-electron chi connectivity index (χ0n) is 11.2. The average molecular weight is 334 g/mol. The van der Waals surface area contributed by atoms with Gasteiger partial charge in [-0.3, -0.25) is 4.79 Å². The Kier molecular flexibility index (Phi) is 3.30. The van der Waals surface area contributed by atoms with Crippen molar-refractivity contribution in [3.8, 4) is 0 Å². The molecule has 2 aromatic rings. The maximum atomic E-state index is 12.4. The van der Waals surface area contributed by atoms with E-state index in [1.165, 1.54) is 0 Å². The Morgan fingerprint density at radius 3 is 2.75 bits per heavy atom. The highest BCUT2D eigenvalue weighted by Gasteiger charge is 2.27. The van der Waals surface area contributed by atoms with Crippen molar-refractivity contribution in [1.82, 2.24) is 4.57 Å². The molecule has 3 N–H and O–H groups in total. The molecule has 1 aromatic heterocycles. The Morgan fingerprint density at radius 1 is 1.35 bits per heavy atom. The molecule has 0 unspecified atom stereocenters. The molecule has 5 heteroatoms. The molecule has 0 bridgehead atoms. The number of nitrogens with two attached hydrogens (primary N) is 1. The fourth-order valence-electron chi connectivity index (χ4n) is 2.34. The van der Waals surface area contributed by atoms with E-state index in [1.807, 2.05) is 35.9 Å². The van der Waals surface area contributed by atoms with Gasteiger partial charge in [0.25, 0.3) is 5.91 Å². The van der Waals surface area contributed by atoms with Crippen molar-refractivity contribution in [1.29, 1.82) is 0 Å². The van der Waals surface area contributed by atoms with E-state index < -0.39 is 0 Å². The Morgan fingerprint density at radius 2 is 2.10 bits per heavy atom. The Labute approximate surface area is 126 Å². The molecule has 1 amide bonds. The summed E-state index contributed by atoms with van der Waals surface area (Å²) in [4.78, 5) is 12.4. The first-order valence-corrected chi connectivity index (χ1v) is 7.38. The summed E-state index contributed by atoms with van der Waals surface area (Å²) >= 11 is 3.43. The smallest absolute Gasteiger partial charge is 0.272 e. The van der Waals surface area contributed by atoms with Crippen molar-refractivity contribution >= 4 is 33.2 Å². The Balaban J connectivity index is 1.85. The predicted octanol–water partition coefficient (Wildman–Crippen LogP) is 3.73. The summed E-state index contributed by atoms with van der Waals surface area (Å²) in [6.45, 7) is 1.99. The van der Waals surface area contributed by atoms with Gasteiger partial charge in [0.2, 0.25) is 0 Å². The van der Waals surface area contributed by atoms with E-state index in [-0.39, 0.29) is 5.91 Å². The van der Waals surface area contributed by atoms with E-state index in [0.29, 0.717) is 17.4 Å². The van der Waals surface area contributed by atoms with Crippen LogP contribution in [0.2, 0.25) is 0 Å². The van der Waals surface area contributed by atoms with E-state index >= 15 is 0 Å². The molecule has 1 aliphatic carbocycles. The van der Waals surface area contributed by atoms with Crippen molar-refractivity contribution in [3.63, 3.8) is 0 Å².